The smallest absolute Gasteiger partial charge is 0.267 e. The number of amides is 2. The minimum Gasteiger partial charge on any atom is -0.351 e. The van der Waals surface area contributed by atoms with Crippen molar-refractivity contribution in [1.82, 2.24) is 9.88 Å². The van der Waals surface area contributed by atoms with Gasteiger partial charge in [-0.25, -0.2) is 0 Å². The fourth-order valence-corrected chi connectivity index (χ4v) is 4.00. The summed E-state index contributed by atoms with van der Waals surface area (Å²) in [5, 5.41) is 7.04. The van der Waals surface area contributed by atoms with Crippen molar-refractivity contribution in [2.45, 2.75) is 46.6 Å². The van der Waals surface area contributed by atoms with Crippen molar-refractivity contribution in [3.8, 4) is 0 Å². The number of fused-ring (bicyclic) bond motifs is 1. The van der Waals surface area contributed by atoms with Gasteiger partial charge in [0, 0.05) is 35.6 Å². The van der Waals surface area contributed by atoms with Gasteiger partial charge >= 0.3 is 0 Å². The van der Waals surface area contributed by atoms with Gasteiger partial charge in [-0.15, -0.1) is 0 Å². The second-order valence-corrected chi connectivity index (χ2v) is 9.10. The van der Waals surface area contributed by atoms with Crippen LogP contribution in [0.2, 0.25) is 0 Å². The average molecular weight is 418 g/mol. The Morgan fingerprint density at radius 1 is 1.10 bits per heavy atom. The predicted molar refractivity (Wildman–Crippen MR) is 125 cm³/mol. The van der Waals surface area contributed by atoms with Gasteiger partial charge in [0.05, 0.1) is 0 Å². The highest BCUT2D eigenvalue weighted by Gasteiger charge is 2.25. The number of carbonyl (C=O) groups excluding carboxylic acids is 2. The lowest BCUT2D eigenvalue weighted by Crippen LogP contribution is -2.29. The zero-order chi connectivity index (χ0) is 22.0. The van der Waals surface area contributed by atoms with Gasteiger partial charge in [-0.1, -0.05) is 50.1 Å². The van der Waals surface area contributed by atoms with Gasteiger partial charge in [0.25, 0.3) is 5.91 Å². The molecule has 1 saturated carbocycles. The van der Waals surface area contributed by atoms with Gasteiger partial charge in [0.1, 0.15) is 5.69 Å². The second-order valence-electron chi connectivity index (χ2n) is 9.10. The lowest BCUT2D eigenvalue weighted by atomic mass is 9.85. The topological polar surface area (TPSA) is 63.1 Å². The lowest BCUT2D eigenvalue weighted by molar-refractivity contribution is -0.122. The number of carbonyl (C=O) groups is 2. The van der Waals surface area contributed by atoms with Crippen LogP contribution in [0.15, 0.2) is 48.5 Å². The maximum absolute atomic E-state index is 13.0. The van der Waals surface area contributed by atoms with Gasteiger partial charge in [-0.3, -0.25) is 9.59 Å². The van der Waals surface area contributed by atoms with Crippen LogP contribution < -0.4 is 10.6 Å². The minimum absolute atomic E-state index is 0.0717. The molecule has 1 aromatic heterocycles. The third-order valence-electron chi connectivity index (χ3n) is 5.97. The van der Waals surface area contributed by atoms with Crippen LogP contribution in [0.3, 0.4) is 0 Å². The number of aromatic nitrogens is 1. The molecule has 2 N–H and O–H groups in total. The summed E-state index contributed by atoms with van der Waals surface area (Å²) in [5.41, 5.74) is 4.75. The van der Waals surface area contributed by atoms with Crippen molar-refractivity contribution >= 4 is 28.4 Å². The lowest BCUT2D eigenvalue weighted by Gasteiger charge is -2.24. The molecule has 0 radical (unpaired) electrons. The number of nitrogens with one attached hydrogen (secondary N) is 2. The molecule has 162 valence electrons. The highest BCUT2D eigenvalue weighted by Crippen LogP contribution is 2.29. The Labute approximate surface area is 183 Å². The first kappa shape index (κ1) is 21.2. The maximum Gasteiger partial charge on any atom is 0.267 e. The molecule has 31 heavy (non-hydrogen) atoms. The molecule has 0 spiro atoms. The molecule has 2 amide bonds. The standard InChI is InChI=1S/C26H31N3O2/c1-17(2)15-27-26(31)24-14-21-13-22(28-25(30)20-8-5-9-20)10-11-23(21)29(24)16-19-7-4-6-18(3)12-19/h4,6-7,10-14,17,20H,5,8-9,15-16H2,1-3H3,(H,27,31)(H,28,30). The number of rotatable bonds is 7. The first-order valence-electron chi connectivity index (χ1n) is 11.2. The van der Waals surface area contributed by atoms with E-state index in [0.29, 0.717) is 24.7 Å². The van der Waals surface area contributed by atoms with E-state index >= 15 is 0 Å². The number of aryl methyl sites for hydroxylation is 1. The summed E-state index contributed by atoms with van der Waals surface area (Å²) in [6.45, 7) is 7.49. The van der Waals surface area contributed by atoms with Crippen LogP contribution in [0.4, 0.5) is 5.69 Å². The monoisotopic (exact) mass is 417 g/mol. The Balaban J connectivity index is 1.67. The van der Waals surface area contributed by atoms with Crippen LogP contribution >= 0.6 is 0 Å². The van der Waals surface area contributed by atoms with Gasteiger partial charge in [0.2, 0.25) is 5.91 Å². The van der Waals surface area contributed by atoms with Crippen LogP contribution in [0.25, 0.3) is 10.9 Å². The van der Waals surface area contributed by atoms with Crippen LogP contribution in [0, 0.1) is 18.8 Å². The molecule has 0 bridgehead atoms. The highest BCUT2D eigenvalue weighted by molar-refractivity contribution is 6.01. The third-order valence-corrected chi connectivity index (χ3v) is 5.97. The van der Waals surface area contributed by atoms with E-state index in [1.165, 1.54) is 5.56 Å². The molecule has 5 heteroatoms. The van der Waals surface area contributed by atoms with E-state index in [9.17, 15) is 9.59 Å². The Kier molecular flexibility index (Phi) is 6.12. The van der Waals surface area contributed by atoms with E-state index in [1.54, 1.807) is 0 Å². The molecule has 1 aliphatic rings. The predicted octanol–water partition coefficient (Wildman–Crippen LogP) is 5.12. The molecule has 4 rings (SSSR count). The third kappa shape index (κ3) is 4.82. The molecule has 3 aromatic rings. The van der Waals surface area contributed by atoms with Gasteiger partial charge in [-0.05, 0) is 55.5 Å². The summed E-state index contributed by atoms with van der Waals surface area (Å²) in [7, 11) is 0. The molecule has 0 atom stereocenters. The highest BCUT2D eigenvalue weighted by atomic mass is 16.2. The van der Waals surface area contributed by atoms with E-state index in [0.717, 1.165) is 41.4 Å². The number of benzene rings is 2. The first-order valence-corrected chi connectivity index (χ1v) is 11.2. The molecule has 0 saturated heterocycles. The largest absolute Gasteiger partial charge is 0.351 e. The van der Waals surface area contributed by atoms with Gasteiger partial charge < -0.3 is 15.2 Å². The Morgan fingerprint density at radius 3 is 2.58 bits per heavy atom. The number of hydrogen-bond acceptors (Lipinski definition) is 2. The number of anilines is 1. The van der Waals surface area contributed by atoms with Crippen molar-refractivity contribution in [3.63, 3.8) is 0 Å². The van der Waals surface area contributed by atoms with E-state index < -0.39 is 0 Å². The van der Waals surface area contributed by atoms with Crippen LogP contribution in [0.5, 0.6) is 0 Å². The quantitative estimate of drug-likeness (QED) is 0.560. The SMILES string of the molecule is Cc1cccc(Cn2c(C(=O)NCC(C)C)cc3cc(NC(=O)C4CCC4)ccc32)c1. The molecule has 0 unspecified atom stereocenters. The number of nitrogens with zero attached hydrogens (tertiary/aromatic N) is 1. The summed E-state index contributed by atoms with van der Waals surface area (Å²) in [4.78, 5) is 25.3. The fourth-order valence-electron chi connectivity index (χ4n) is 4.00. The van der Waals surface area contributed by atoms with Crippen molar-refractivity contribution in [2.75, 3.05) is 11.9 Å². The first-order chi connectivity index (χ1) is 14.9. The van der Waals surface area contributed by atoms with Crippen LogP contribution in [0.1, 0.15) is 54.7 Å². The Morgan fingerprint density at radius 2 is 1.90 bits per heavy atom. The zero-order valence-electron chi connectivity index (χ0n) is 18.6. The molecule has 1 fully saturated rings. The average Bonchev–Trinajstić information content (AvgIpc) is 3.02. The van der Waals surface area contributed by atoms with Crippen molar-refractivity contribution < 1.29 is 9.59 Å². The van der Waals surface area contributed by atoms with Gasteiger partial charge in [-0.2, -0.15) is 0 Å². The Bertz CT molecular complexity index is 1110. The zero-order valence-corrected chi connectivity index (χ0v) is 18.6. The molecule has 2 aromatic carbocycles. The van der Waals surface area contributed by atoms with Crippen LogP contribution in [-0.4, -0.2) is 22.9 Å². The van der Waals surface area contributed by atoms with Crippen molar-refractivity contribution in [3.05, 3.63) is 65.4 Å². The second kappa shape index (κ2) is 8.96. The normalized spacial score (nSPS) is 13.9. The van der Waals surface area contributed by atoms with E-state index in [-0.39, 0.29) is 17.7 Å². The Hall–Kier alpha value is -3.08. The summed E-state index contributed by atoms with van der Waals surface area (Å²) in [6.07, 6.45) is 3.08. The van der Waals surface area contributed by atoms with Gasteiger partial charge in [0.15, 0.2) is 0 Å². The summed E-state index contributed by atoms with van der Waals surface area (Å²) in [5.74, 6) is 0.545. The summed E-state index contributed by atoms with van der Waals surface area (Å²) < 4.78 is 2.07. The molecule has 1 heterocycles. The van der Waals surface area contributed by atoms with E-state index in [1.807, 2.05) is 30.3 Å². The van der Waals surface area contributed by atoms with E-state index in [2.05, 4.69) is 54.2 Å². The molecule has 0 aliphatic heterocycles. The fraction of sp³-hybridized carbons (Fsp3) is 0.385. The van der Waals surface area contributed by atoms with Crippen LogP contribution in [-0.2, 0) is 11.3 Å². The minimum atomic E-state index is -0.0717. The number of hydrogen-bond donors (Lipinski definition) is 2. The van der Waals surface area contributed by atoms with E-state index in [4.69, 9.17) is 0 Å². The maximum atomic E-state index is 13.0. The summed E-state index contributed by atoms with van der Waals surface area (Å²) in [6, 6.07) is 16.2. The molecular weight excluding hydrogens is 386 g/mol. The molecule has 5 nitrogen and oxygen atoms in total. The molecule has 1 aliphatic carbocycles. The summed E-state index contributed by atoms with van der Waals surface area (Å²) >= 11 is 0. The van der Waals surface area contributed by atoms with Crippen molar-refractivity contribution in [1.29, 1.82) is 0 Å². The molecular formula is C26H31N3O2. The van der Waals surface area contributed by atoms with Crippen molar-refractivity contribution in [2.24, 2.45) is 11.8 Å².